The van der Waals surface area contributed by atoms with Crippen LogP contribution in [0.3, 0.4) is 0 Å². The van der Waals surface area contributed by atoms with Crippen molar-refractivity contribution in [3.05, 3.63) is 72.3 Å². The maximum Gasteiger partial charge on any atom is 0.573 e. The van der Waals surface area contributed by atoms with Crippen molar-refractivity contribution in [2.75, 3.05) is 0 Å². The maximum absolute atomic E-state index is 12.9. The lowest BCUT2D eigenvalue weighted by Gasteiger charge is -2.14. The van der Waals surface area contributed by atoms with Gasteiger partial charge >= 0.3 is 12.3 Å². The zero-order valence-electron chi connectivity index (χ0n) is 16.2. The van der Waals surface area contributed by atoms with Gasteiger partial charge in [0.25, 0.3) is 10.0 Å². The van der Waals surface area contributed by atoms with E-state index in [9.17, 15) is 31.5 Å². The molecule has 4 rings (SSSR count). The number of carboxylic acid groups (broad SMARTS) is 1. The number of hydrogen-bond acceptors (Lipinski definition) is 5. The Morgan fingerprint density at radius 2 is 1.72 bits per heavy atom. The van der Waals surface area contributed by atoms with Gasteiger partial charge in [0, 0.05) is 10.8 Å². The Balaban J connectivity index is 1.54. The first-order chi connectivity index (χ1) is 15.0. The molecule has 2 aromatic carbocycles. The van der Waals surface area contributed by atoms with Gasteiger partial charge in [0.2, 0.25) is 0 Å². The summed E-state index contributed by atoms with van der Waals surface area (Å²) in [4.78, 5) is 12.4. The van der Waals surface area contributed by atoms with Gasteiger partial charge < -0.3 is 9.84 Å². The molecule has 168 valence electrons. The van der Waals surface area contributed by atoms with Crippen molar-refractivity contribution in [2.45, 2.75) is 28.4 Å². The van der Waals surface area contributed by atoms with Crippen LogP contribution in [-0.2, 0) is 14.8 Å². The molecule has 3 aromatic rings. The Morgan fingerprint density at radius 3 is 2.31 bits per heavy atom. The van der Waals surface area contributed by atoms with Crippen LogP contribution in [-0.4, -0.2) is 31.4 Å². The average molecular weight is 483 g/mol. The van der Waals surface area contributed by atoms with E-state index in [0.29, 0.717) is 10.4 Å². The Kier molecular flexibility index (Phi) is 5.51. The number of sulfonamides is 1. The van der Waals surface area contributed by atoms with Crippen molar-refractivity contribution >= 4 is 27.3 Å². The van der Waals surface area contributed by atoms with Gasteiger partial charge in [-0.15, -0.1) is 24.5 Å². The number of carbonyl (C=O) groups is 1. The van der Waals surface area contributed by atoms with Crippen LogP contribution in [0, 0.1) is 0 Å². The fourth-order valence-corrected chi connectivity index (χ4v) is 6.19. The van der Waals surface area contributed by atoms with Gasteiger partial charge in [-0.3, -0.25) is 4.79 Å². The van der Waals surface area contributed by atoms with Crippen LogP contribution in [0.15, 0.2) is 70.9 Å². The molecule has 1 aliphatic carbocycles. The third-order valence-electron chi connectivity index (χ3n) is 5.08. The van der Waals surface area contributed by atoms with E-state index < -0.39 is 39.6 Å². The number of carboxylic acids is 1. The molecule has 0 saturated heterocycles. The number of aliphatic carboxylic acids is 1. The van der Waals surface area contributed by atoms with Crippen molar-refractivity contribution in [2.24, 2.45) is 0 Å². The Labute approximate surface area is 185 Å². The monoisotopic (exact) mass is 483 g/mol. The van der Waals surface area contributed by atoms with E-state index in [1.165, 1.54) is 24.3 Å². The highest BCUT2D eigenvalue weighted by Crippen LogP contribution is 2.52. The molecule has 0 aliphatic heterocycles. The maximum atomic E-state index is 12.9. The van der Waals surface area contributed by atoms with Crippen molar-refractivity contribution in [1.82, 2.24) is 4.72 Å². The second kappa shape index (κ2) is 7.91. The molecule has 0 radical (unpaired) electrons. The Bertz CT molecular complexity index is 1240. The minimum Gasteiger partial charge on any atom is -0.480 e. The van der Waals surface area contributed by atoms with Crippen molar-refractivity contribution < 1.29 is 36.2 Å². The Morgan fingerprint density at radius 1 is 1.06 bits per heavy atom. The third kappa shape index (κ3) is 4.50. The van der Waals surface area contributed by atoms with Gasteiger partial charge in [0.15, 0.2) is 0 Å². The topological polar surface area (TPSA) is 92.7 Å². The molecular formula is C21H16F3NO5S2. The predicted octanol–water partition coefficient (Wildman–Crippen LogP) is 4.60. The molecule has 1 saturated carbocycles. The van der Waals surface area contributed by atoms with Crippen molar-refractivity contribution in [1.29, 1.82) is 0 Å². The molecule has 1 aromatic heterocycles. The molecule has 0 spiro atoms. The molecule has 2 unspecified atom stereocenters. The minimum atomic E-state index is -4.81. The molecule has 1 aliphatic rings. The van der Waals surface area contributed by atoms with E-state index in [1.807, 2.05) is 0 Å². The number of nitrogens with one attached hydrogen (secondary N) is 1. The molecule has 1 heterocycles. The zero-order chi connectivity index (χ0) is 23.1. The summed E-state index contributed by atoms with van der Waals surface area (Å²) in [5, 5.41) is 9.72. The summed E-state index contributed by atoms with van der Waals surface area (Å²) < 4.78 is 68.8. The fourth-order valence-electron chi connectivity index (χ4n) is 3.47. The number of thiophene rings is 1. The summed E-state index contributed by atoms with van der Waals surface area (Å²) in [7, 11) is -4.15. The van der Waals surface area contributed by atoms with Gasteiger partial charge in [-0.2, -0.15) is 4.72 Å². The summed E-state index contributed by atoms with van der Waals surface area (Å²) in [5.41, 5.74) is -0.404. The molecule has 1 fully saturated rings. The van der Waals surface area contributed by atoms with Crippen LogP contribution < -0.4 is 9.46 Å². The first kappa shape index (κ1) is 22.3. The minimum absolute atomic E-state index is 0.0949. The van der Waals surface area contributed by atoms with E-state index in [0.717, 1.165) is 29.0 Å². The summed E-state index contributed by atoms with van der Waals surface area (Å²) >= 11 is 0.883. The number of hydrogen-bond donors (Lipinski definition) is 2. The van der Waals surface area contributed by atoms with Crippen LogP contribution in [0.25, 0.3) is 10.4 Å². The van der Waals surface area contributed by atoms with Crippen molar-refractivity contribution in [3.8, 4) is 16.2 Å². The highest BCUT2D eigenvalue weighted by atomic mass is 32.2. The van der Waals surface area contributed by atoms with Crippen LogP contribution >= 0.6 is 11.3 Å². The number of rotatable bonds is 7. The molecule has 0 amide bonds. The van der Waals surface area contributed by atoms with Crippen LogP contribution in [0.2, 0.25) is 0 Å². The summed E-state index contributed by atoms with van der Waals surface area (Å²) in [6.07, 6.45) is -4.68. The van der Waals surface area contributed by atoms with E-state index >= 15 is 0 Å². The molecule has 11 heteroatoms. The number of benzene rings is 2. The highest BCUT2D eigenvalue weighted by molar-refractivity contribution is 7.91. The van der Waals surface area contributed by atoms with Gasteiger partial charge in [0.05, 0.1) is 0 Å². The van der Waals surface area contributed by atoms with Gasteiger partial charge in [-0.05, 0) is 53.9 Å². The SMILES string of the molecule is O=C(O)C1(NS(=O)(=O)c2ccc(-c3ccc(OC(F)(F)F)cc3)s2)CC1c1ccccc1. The quantitative estimate of drug-likeness (QED) is 0.512. The summed E-state index contributed by atoms with van der Waals surface area (Å²) in [6, 6.07) is 16.6. The molecule has 6 nitrogen and oxygen atoms in total. The summed E-state index contributed by atoms with van der Waals surface area (Å²) in [6.45, 7) is 0. The van der Waals surface area contributed by atoms with E-state index in [2.05, 4.69) is 9.46 Å². The lowest BCUT2D eigenvalue weighted by Crippen LogP contribution is -2.44. The highest BCUT2D eigenvalue weighted by Gasteiger charge is 2.63. The third-order valence-corrected chi connectivity index (χ3v) is 8.22. The normalized spacial score (nSPS) is 20.7. The predicted molar refractivity (Wildman–Crippen MR) is 111 cm³/mol. The van der Waals surface area contributed by atoms with Crippen molar-refractivity contribution in [3.63, 3.8) is 0 Å². The Hall–Kier alpha value is -2.89. The van der Waals surface area contributed by atoms with E-state index in [-0.39, 0.29) is 10.6 Å². The second-order valence-corrected chi connectivity index (χ2v) is 10.2. The van der Waals surface area contributed by atoms with E-state index in [1.54, 1.807) is 30.3 Å². The zero-order valence-corrected chi connectivity index (χ0v) is 17.8. The smallest absolute Gasteiger partial charge is 0.480 e. The van der Waals surface area contributed by atoms with Gasteiger partial charge in [-0.1, -0.05) is 30.3 Å². The summed E-state index contributed by atoms with van der Waals surface area (Å²) in [5.74, 6) is -2.14. The van der Waals surface area contributed by atoms with Gasteiger partial charge in [-0.25, -0.2) is 8.42 Å². The van der Waals surface area contributed by atoms with Crippen LogP contribution in [0.4, 0.5) is 13.2 Å². The molecule has 0 bridgehead atoms. The average Bonchev–Trinajstić information content (AvgIpc) is 3.21. The lowest BCUT2D eigenvalue weighted by atomic mass is 10.1. The van der Waals surface area contributed by atoms with Crippen LogP contribution in [0.1, 0.15) is 17.9 Å². The molecule has 2 N–H and O–H groups in total. The molecule has 32 heavy (non-hydrogen) atoms. The lowest BCUT2D eigenvalue weighted by molar-refractivity contribution is -0.274. The number of ether oxygens (including phenoxy) is 1. The van der Waals surface area contributed by atoms with Gasteiger partial charge in [0.1, 0.15) is 15.5 Å². The largest absolute Gasteiger partial charge is 0.573 e. The standard InChI is InChI=1S/C21H16F3NO5S2/c22-21(23,24)30-15-8-6-14(7-9-15)17-10-11-18(31-17)32(28,29)25-20(19(26)27)12-16(20)13-4-2-1-3-5-13/h1-11,16,25H,12H2,(H,26,27). The first-order valence-electron chi connectivity index (χ1n) is 9.28. The fraction of sp³-hybridized carbons (Fsp3) is 0.190. The first-order valence-corrected chi connectivity index (χ1v) is 11.6. The second-order valence-electron chi connectivity index (χ2n) is 7.24. The van der Waals surface area contributed by atoms with Crippen LogP contribution in [0.5, 0.6) is 5.75 Å². The van der Waals surface area contributed by atoms with E-state index in [4.69, 9.17) is 0 Å². The number of halogens is 3. The molecule has 2 atom stereocenters. The number of alkyl halides is 3. The molecular weight excluding hydrogens is 467 g/mol.